The van der Waals surface area contributed by atoms with Gasteiger partial charge in [-0.1, -0.05) is 38.1 Å². The van der Waals surface area contributed by atoms with Crippen molar-refractivity contribution in [1.82, 2.24) is 20.4 Å². The Morgan fingerprint density at radius 3 is 2.70 bits per heavy atom. The highest BCUT2D eigenvalue weighted by atomic mass is 16.2. The van der Waals surface area contributed by atoms with Gasteiger partial charge in [0.05, 0.1) is 0 Å². The van der Waals surface area contributed by atoms with Crippen LogP contribution in [0.3, 0.4) is 0 Å². The van der Waals surface area contributed by atoms with Gasteiger partial charge in [-0.25, -0.2) is 4.79 Å². The number of nitrogens with zero attached hydrogens (tertiary/aromatic N) is 2. The van der Waals surface area contributed by atoms with Crippen LogP contribution in [0.15, 0.2) is 24.3 Å². The van der Waals surface area contributed by atoms with Crippen molar-refractivity contribution in [2.45, 2.75) is 32.2 Å². The zero-order chi connectivity index (χ0) is 19.8. The average molecular weight is 372 g/mol. The van der Waals surface area contributed by atoms with E-state index in [1.54, 1.807) is 0 Å². The molecule has 0 saturated carbocycles. The topological polar surface area (TPSA) is 81.8 Å². The van der Waals surface area contributed by atoms with E-state index in [1.165, 1.54) is 0 Å². The molecule has 1 aromatic carbocycles. The molecule has 0 aromatic heterocycles. The van der Waals surface area contributed by atoms with Crippen molar-refractivity contribution >= 4 is 17.8 Å². The van der Waals surface area contributed by atoms with Gasteiger partial charge in [-0.3, -0.25) is 14.5 Å². The number of amides is 4. The molecule has 27 heavy (non-hydrogen) atoms. The normalized spacial score (nSPS) is 21.7. The summed E-state index contributed by atoms with van der Waals surface area (Å²) in [6.07, 6.45) is 1.27. The molecule has 1 aliphatic carbocycles. The van der Waals surface area contributed by atoms with Gasteiger partial charge in [0.15, 0.2) is 0 Å². The summed E-state index contributed by atoms with van der Waals surface area (Å²) in [6.45, 7) is 5.15. The fourth-order valence-corrected chi connectivity index (χ4v) is 4.18. The van der Waals surface area contributed by atoms with E-state index in [9.17, 15) is 14.4 Å². The Morgan fingerprint density at radius 1 is 1.30 bits per heavy atom. The molecule has 4 amide bonds. The number of nitrogens with one attached hydrogen (secondary N) is 2. The standard InChI is InChI=1S/C20H28N4O3/c1-19(2,13-23(3)4)12-21-16(25)11-24-17(26)20(22-18(24)27)10-9-14-7-5-6-8-15(14)20/h5-8H,9-13H2,1-4H3,(H,21,25)(H,22,27). The van der Waals surface area contributed by atoms with Crippen LogP contribution in [0, 0.1) is 5.41 Å². The number of fused-ring (bicyclic) bond motifs is 2. The highest BCUT2D eigenvalue weighted by Gasteiger charge is 2.55. The minimum atomic E-state index is -1.02. The average Bonchev–Trinajstić information content (AvgIpc) is 3.06. The molecule has 1 saturated heterocycles. The van der Waals surface area contributed by atoms with Crippen LogP contribution in [0.1, 0.15) is 31.4 Å². The van der Waals surface area contributed by atoms with Gasteiger partial charge < -0.3 is 15.5 Å². The van der Waals surface area contributed by atoms with Crippen LogP contribution < -0.4 is 10.6 Å². The van der Waals surface area contributed by atoms with Gasteiger partial charge in [-0.15, -0.1) is 0 Å². The Balaban J connectivity index is 1.66. The Bertz CT molecular complexity index is 774. The highest BCUT2D eigenvalue weighted by molar-refractivity contribution is 6.09. The molecule has 0 radical (unpaired) electrons. The van der Waals surface area contributed by atoms with Crippen molar-refractivity contribution in [2.75, 3.05) is 33.7 Å². The zero-order valence-corrected chi connectivity index (χ0v) is 16.5. The zero-order valence-electron chi connectivity index (χ0n) is 16.5. The lowest BCUT2D eigenvalue weighted by Gasteiger charge is -2.28. The van der Waals surface area contributed by atoms with Crippen LogP contribution >= 0.6 is 0 Å². The molecule has 0 bridgehead atoms. The number of rotatable bonds is 6. The second-order valence-corrected chi connectivity index (χ2v) is 8.56. The summed E-state index contributed by atoms with van der Waals surface area (Å²) in [5.41, 5.74) is 0.793. The summed E-state index contributed by atoms with van der Waals surface area (Å²) in [5, 5.41) is 5.69. The minimum absolute atomic E-state index is 0.109. The van der Waals surface area contributed by atoms with Crippen molar-refractivity contribution < 1.29 is 14.4 Å². The van der Waals surface area contributed by atoms with Crippen molar-refractivity contribution in [3.8, 4) is 0 Å². The smallest absolute Gasteiger partial charge is 0.325 e. The quantitative estimate of drug-likeness (QED) is 0.733. The molecule has 1 spiro atoms. The third-order valence-electron chi connectivity index (χ3n) is 5.23. The lowest BCUT2D eigenvalue weighted by molar-refractivity contribution is -0.135. The summed E-state index contributed by atoms with van der Waals surface area (Å²) < 4.78 is 0. The van der Waals surface area contributed by atoms with Crippen molar-refractivity contribution in [3.63, 3.8) is 0 Å². The molecular weight excluding hydrogens is 344 g/mol. The van der Waals surface area contributed by atoms with E-state index in [1.807, 2.05) is 38.4 Å². The van der Waals surface area contributed by atoms with Crippen molar-refractivity contribution in [2.24, 2.45) is 5.41 Å². The number of carbonyl (C=O) groups is 3. The molecule has 7 heteroatoms. The van der Waals surface area contributed by atoms with Gasteiger partial charge in [0.25, 0.3) is 5.91 Å². The summed E-state index contributed by atoms with van der Waals surface area (Å²) in [6, 6.07) is 7.16. The summed E-state index contributed by atoms with van der Waals surface area (Å²) in [4.78, 5) is 41.0. The number of carbonyl (C=O) groups excluding carboxylic acids is 3. The summed E-state index contributed by atoms with van der Waals surface area (Å²) >= 11 is 0. The first kappa shape index (κ1) is 19.4. The SMILES string of the molecule is CN(C)CC(C)(C)CNC(=O)CN1C(=O)NC2(CCc3ccccc32)C1=O. The molecule has 2 N–H and O–H groups in total. The van der Waals surface area contributed by atoms with E-state index in [-0.39, 0.29) is 23.8 Å². The van der Waals surface area contributed by atoms with Crippen molar-refractivity contribution in [3.05, 3.63) is 35.4 Å². The van der Waals surface area contributed by atoms with Crippen LogP contribution in [0.2, 0.25) is 0 Å². The fraction of sp³-hybridized carbons (Fsp3) is 0.550. The van der Waals surface area contributed by atoms with E-state index in [0.29, 0.717) is 13.0 Å². The third-order valence-corrected chi connectivity index (χ3v) is 5.23. The molecule has 1 aromatic rings. The predicted molar refractivity (Wildman–Crippen MR) is 102 cm³/mol. The second kappa shape index (κ2) is 6.96. The first-order chi connectivity index (χ1) is 12.6. The molecule has 2 aliphatic rings. The number of hydrogen-bond acceptors (Lipinski definition) is 4. The van der Waals surface area contributed by atoms with Gasteiger partial charge in [-0.2, -0.15) is 0 Å². The van der Waals surface area contributed by atoms with Crippen LogP contribution in [0.4, 0.5) is 4.79 Å². The first-order valence-corrected chi connectivity index (χ1v) is 9.29. The second-order valence-electron chi connectivity index (χ2n) is 8.56. The van der Waals surface area contributed by atoms with Gasteiger partial charge in [0.2, 0.25) is 5.91 Å². The minimum Gasteiger partial charge on any atom is -0.354 e. The number of hydrogen-bond donors (Lipinski definition) is 2. The van der Waals surface area contributed by atoms with Crippen LogP contribution in [-0.2, 0) is 21.5 Å². The largest absolute Gasteiger partial charge is 0.354 e. The molecule has 3 rings (SSSR count). The fourth-order valence-electron chi connectivity index (χ4n) is 4.18. The van der Waals surface area contributed by atoms with Crippen LogP contribution in [-0.4, -0.2) is 61.4 Å². The monoisotopic (exact) mass is 372 g/mol. The van der Waals surface area contributed by atoms with Crippen LogP contribution in [0.25, 0.3) is 0 Å². The number of benzene rings is 1. The van der Waals surface area contributed by atoms with Gasteiger partial charge >= 0.3 is 6.03 Å². The lowest BCUT2D eigenvalue weighted by atomic mass is 9.92. The Morgan fingerprint density at radius 2 is 2.00 bits per heavy atom. The van der Waals surface area contributed by atoms with E-state index in [2.05, 4.69) is 29.4 Å². The highest BCUT2D eigenvalue weighted by Crippen LogP contribution is 2.41. The molecule has 1 atom stereocenters. The van der Waals surface area contributed by atoms with Gasteiger partial charge in [0, 0.05) is 13.1 Å². The number of aryl methyl sites for hydroxylation is 1. The van der Waals surface area contributed by atoms with E-state index >= 15 is 0 Å². The summed E-state index contributed by atoms with van der Waals surface area (Å²) in [5.74, 6) is -0.659. The Kier molecular flexibility index (Phi) is 4.99. The summed E-state index contributed by atoms with van der Waals surface area (Å²) in [7, 11) is 3.96. The van der Waals surface area contributed by atoms with E-state index < -0.39 is 11.6 Å². The molecule has 1 heterocycles. The maximum atomic E-state index is 13.0. The maximum absolute atomic E-state index is 13.0. The Labute approximate surface area is 160 Å². The molecular formula is C20H28N4O3. The first-order valence-electron chi connectivity index (χ1n) is 9.29. The Hall–Kier alpha value is -2.41. The van der Waals surface area contributed by atoms with Gasteiger partial charge in [-0.05, 0) is 43.5 Å². The van der Waals surface area contributed by atoms with Crippen molar-refractivity contribution in [1.29, 1.82) is 0 Å². The molecule has 1 aliphatic heterocycles. The third kappa shape index (κ3) is 3.69. The van der Waals surface area contributed by atoms with Crippen LogP contribution in [0.5, 0.6) is 0 Å². The molecule has 7 nitrogen and oxygen atoms in total. The lowest BCUT2D eigenvalue weighted by Crippen LogP contribution is -2.46. The predicted octanol–water partition coefficient (Wildman–Crippen LogP) is 1.08. The molecule has 1 unspecified atom stereocenters. The number of imide groups is 1. The maximum Gasteiger partial charge on any atom is 0.325 e. The van der Waals surface area contributed by atoms with E-state index in [4.69, 9.17) is 0 Å². The van der Waals surface area contributed by atoms with Gasteiger partial charge in [0.1, 0.15) is 12.1 Å². The van der Waals surface area contributed by atoms with E-state index in [0.717, 1.165) is 29.0 Å². The number of urea groups is 1. The molecule has 1 fully saturated rings. The molecule has 146 valence electrons.